The molecule has 170 valence electrons. The molecular weight excluding hydrogens is 448 g/mol. The number of nitrogens with zero attached hydrogens (tertiary/aromatic N) is 1. The number of carbonyl (C=O) groups is 1. The molecule has 0 aromatic heterocycles. The molecule has 5 nitrogen and oxygen atoms in total. The first-order valence-corrected chi connectivity index (χ1v) is 11.4. The van der Waals surface area contributed by atoms with E-state index in [4.69, 9.17) is 21.1 Å². The first kappa shape index (κ1) is 21.9. The average Bonchev–Trinajstić information content (AvgIpc) is 3.31. The third kappa shape index (κ3) is 5.00. The first-order valence-electron chi connectivity index (χ1n) is 11.1. The Hall–Kier alpha value is -3.96. The van der Waals surface area contributed by atoms with Gasteiger partial charge in [0.25, 0.3) is 0 Å². The Morgan fingerprint density at radius 3 is 2.44 bits per heavy atom. The lowest BCUT2D eigenvalue weighted by Gasteiger charge is -2.18. The van der Waals surface area contributed by atoms with E-state index in [0.717, 1.165) is 28.1 Å². The van der Waals surface area contributed by atoms with E-state index in [9.17, 15) is 4.79 Å². The van der Waals surface area contributed by atoms with Crippen LogP contribution in [0.2, 0.25) is 5.02 Å². The van der Waals surface area contributed by atoms with Gasteiger partial charge in [-0.05, 0) is 65.7 Å². The maximum absolute atomic E-state index is 12.3. The van der Waals surface area contributed by atoms with Gasteiger partial charge >= 0.3 is 6.03 Å². The zero-order chi connectivity index (χ0) is 23.3. The zero-order valence-corrected chi connectivity index (χ0v) is 19.2. The Kier molecular flexibility index (Phi) is 6.36. The van der Waals surface area contributed by atoms with Gasteiger partial charge in [-0.2, -0.15) is 0 Å². The highest BCUT2D eigenvalue weighted by Gasteiger charge is 2.22. The lowest BCUT2D eigenvalue weighted by Crippen LogP contribution is -2.27. The summed E-state index contributed by atoms with van der Waals surface area (Å²) >= 11 is 6.03. The van der Waals surface area contributed by atoms with Gasteiger partial charge in [0, 0.05) is 29.4 Å². The van der Waals surface area contributed by atoms with Gasteiger partial charge in [-0.3, -0.25) is 4.90 Å². The Balaban J connectivity index is 1.48. The second kappa shape index (κ2) is 9.89. The van der Waals surface area contributed by atoms with E-state index in [-0.39, 0.29) is 6.03 Å². The Bertz CT molecular complexity index is 1290. The molecule has 34 heavy (non-hydrogen) atoms. The lowest BCUT2D eigenvalue weighted by molar-refractivity contribution is 0.252. The molecule has 0 aliphatic carbocycles. The molecule has 4 aromatic rings. The molecule has 6 heteroatoms. The molecular formula is C28H23ClN2O3. The smallest absolute Gasteiger partial charge is 0.321 e. The van der Waals surface area contributed by atoms with Gasteiger partial charge in [0.05, 0.1) is 0 Å². The quantitative estimate of drug-likeness (QED) is 0.319. The highest BCUT2D eigenvalue weighted by atomic mass is 35.5. The molecule has 1 aliphatic heterocycles. The second-order valence-corrected chi connectivity index (χ2v) is 8.36. The summed E-state index contributed by atoms with van der Waals surface area (Å²) in [6.45, 7) is 1.72. The predicted octanol–water partition coefficient (Wildman–Crippen LogP) is 6.91. The summed E-state index contributed by atoms with van der Waals surface area (Å²) in [5.74, 6) is 2.10. The van der Waals surface area contributed by atoms with Gasteiger partial charge in [-0.1, -0.05) is 54.1 Å². The predicted molar refractivity (Wildman–Crippen MR) is 135 cm³/mol. The average molecular weight is 471 g/mol. The molecule has 4 aromatic carbocycles. The van der Waals surface area contributed by atoms with Crippen molar-refractivity contribution in [2.75, 3.05) is 18.0 Å². The van der Waals surface area contributed by atoms with Crippen LogP contribution in [0, 0.1) is 0 Å². The van der Waals surface area contributed by atoms with Crippen molar-refractivity contribution in [3.8, 4) is 28.4 Å². The van der Waals surface area contributed by atoms with Crippen molar-refractivity contribution in [2.24, 2.45) is 0 Å². The van der Waals surface area contributed by atoms with Crippen LogP contribution in [0.15, 0.2) is 97.1 Å². The van der Waals surface area contributed by atoms with Gasteiger partial charge in [0.2, 0.25) is 0 Å². The van der Waals surface area contributed by atoms with Crippen molar-refractivity contribution in [3.63, 3.8) is 0 Å². The second-order valence-electron chi connectivity index (χ2n) is 7.92. The molecule has 0 atom stereocenters. The number of hydrogen-bond acceptors (Lipinski definition) is 3. The monoisotopic (exact) mass is 470 g/mol. The number of nitrogens with one attached hydrogen (secondary N) is 1. The summed E-state index contributed by atoms with van der Waals surface area (Å²) < 4.78 is 12.3. The molecule has 1 aliphatic rings. The molecule has 1 fully saturated rings. The van der Waals surface area contributed by atoms with Crippen molar-refractivity contribution < 1.29 is 14.3 Å². The molecule has 5 rings (SSSR count). The van der Waals surface area contributed by atoms with E-state index in [2.05, 4.69) is 5.32 Å². The van der Waals surface area contributed by atoms with E-state index in [1.54, 1.807) is 17.0 Å². The minimum absolute atomic E-state index is 0.0998. The number of ether oxygens (including phenoxy) is 2. The van der Waals surface area contributed by atoms with Gasteiger partial charge in [0.15, 0.2) is 0 Å². The highest BCUT2D eigenvalue weighted by Crippen LogP contribution is 2.38. The molecule has 1 N–H and O–H groups in total. The van der Waals surface area contributed by atoms with Gasteiger partial charge in [-0.25, -0.2) is 4.79 Å². The molecule has 0 saturated carbocycles. The number of urea groups is 1. The normalized spacial score (nSPS) is 13.0. The van der Waals surface area contributed by atoms with Gasteiger partial charge < -0.3 is 14.8 Å². The number of rotatable bonds is 7. The van der Waals surface area contributed by atoms with Crippen LogP contribution < -0.4 is 19.7 Å². The number of hydrogen-bond donors (Lipinski definition) is 1. The largest absolute Gasteiger partial charge is 0.489 e. The first-order chi connectivity index (χ1) is 16.7. The number of amides is 2. The van der Waals surface area contributed by atoms with Crippen molar-refractivity contribution in [3.05, 3.63) is 108 Å². The Morgan fingerprint density at radius 2 is 1.68 bits per heavy atom. The summed E-state index contributed by atoms with van der Waals surface area (Å²) in [5, 5.41) is 3.50. The van der Waals surface area contributed by atoms with Crippen molar-refractivity contribution in [1.29, 1.82) is 0 Å². The fourth-order valence-corrected chi connectivity index (χ4v) is 3.97. The minimum Gasteiger partial charge on any atom is -0.489 e. The van der Waals surface area contributed by atoms with Crippen LogP contribution in [0.1, 0.15) is 5.56 Å². The number of anilines is 1. The summed E-state index contributed by atoms with van der Waals surface area (Å²) in [7, 11) is 0. The van der Waals surface area contributed by atoms with E-state index in [1.807, 2.05) is 84.9 Å². The molecule has 1 heterocycles. The molecule has 0 unspecified atom stereocenters. The van der Waals surface area contributed by atoms with Crippen LogP contribution in [-0.2, 0) is 6.61 Å². The molecule has 1 saturated heterocycles. The molecule has 0 bridgehead atoms. The van der Waals surface area contributed by atoms with Crippen molar-refractivity contribution >= 4 is 23.3 Å². The van der Waals surface area contributed by atoms with Crippen LogP contribution >= 0.6 is 11.6 Å². The number of benzene rings is 4. The fourth-order valence-electron chi connectivity index (χ4n) is 3.84. The summed E-state index contributed by atoms with van der Waals surface area (Å²) in [4.78, 5) is 14.0. The van der Waals surface area contributed by atoms with Crippen LogP contribution in [0.5, 0.6) is 17.2 Å². The van der Waals surface area contributed by atoms with E-state index < -0.39 is 0 Å². The standard InChI is InChI=1S/C28H23ClN2O3/c29-22-9-12-24(13-10-22)34-27-14-11-23(31-16-15-30-28(31)32)18-26(27)21-7-4-8-25(17-21)33-19-20-5-2-1-3-6-20/h1-14,17-18H,15-16,19H2,(H,30,32). The minimum atomic E-state index is -0.0998. The molecule has 0 spiro atoms. The van der Waals surface area contributed by atoms with Crippen molar-refractivity contribution in [1.82, 2.24) is 5.32 Å². The van der Waals surface area contributed by atoms with Crippen molar-refractivity contribution in [2.45, 2.75) is 6.61 Å². The molecule has 0 radical (unpaired) electrons. The topological polar surface area (TPSA) is 50.8 Å². The van der Waals surface area contributed by atoms with E-state index in [0.29, 0.717) is 36.2 Å². The Labute approximate surface area is 203 Å². The zero-order valence-electron chi connectivity index (χ0n) is 18.4. The van der Waals surface area contributed by atoms with E-state index in [1.165, 1.54) is 0 Å². The summed E-state index contributed by atoms with van der Waals surface area (Å²) in [6.07, 6.45) is 0. The summed E-state index contributed by atoms with van der Waals surface area (Å²) in [5.41, 5.74) is 3.69. The highest BCUT2D eigenvalue weighted by molar-refractivity contribution is 6.30. The third-order valence-electron chi connectivity index (χ3n) is 5.57. The van der Waals surface area contributed by atoms with Crippen LogP contribution in [0.4, 0.5) is 10.5 Å². The fraction of sp³-hybridized carbons (Fsp3) is 0.107. The van der Waals surface area contributed by atoms with E-state index >= 15 is 0 Å². The van der Waals surface area contributed by atoms with Crippen LogP contribution in [-0.4, -0.2) is 19.1 Å². The van der Waals surface area contributed by atoms with Crippen LogP contribution in [0.3, 0.4) is 0 Å². The third-order valence-corrected chi connectivity index (χ3v) is 5.82. The number of carbonyl (C=O) groups excluding carboxylic acids is 1. The summed E-state index contributed by atoms with van der Waals surface area (Å²) in [6, 6.07) is 30.8. The SMILES string of the molecule is O=C1NCCN1c1ccc(Oc2ccc(Cl)cc2)c(-c2cccc(OCc3ccccc3)c2)c1. The van der Waals surface area contributed by atoms with Gasteiger partial charge in [0.1, 0.15) is 23.9 Å². The molecule has 2 amide bonds. The number of halogens is 1. The maximum atomic E-state index is 12.3. The Morgan fingerprint density at radius 1 is 0.853 bits per heavy atom. The van der Waals surface area contributed by atoms with Gasteiger partial charge in [-0.15, -0.1) is 0 Å². The van der Waals surface area contributed by atoms with Crippen LogP contribution in [0.25, 0.3) is 11.1 Å². The lowest BCUT2D eigenvalue weighted by atomic mass is 10.0. The maximum Gasteiger partial charge on any atom is 0.321 e.